The second-order valence-corrected chi connectivity index (χ2v) is 3.46. The molecular weight excluding hydrogens is 202 g/mol. The molecule has 0 unspecified atom stereocenters. The second kappa shape index (κ2) is 3.34. The monoisotopic (exact) mass is 209 g/mol. The van der Waals surface area contributed by atoms with Crippen LogP contribution in [-0.2, 0) is 0 Å². The molecule has 3 rings (SSSR count). The zero-order chi connectivity index (χ0) is 11.0. The van der Waals surface area contributed by atoms with E-state index < -0.39 is 0 Å². The van der Waals surface area contributed by atoms with Crippen molar-refractivity contribution in [2.75, 3.05) is 0 Å². The zero-order valence-electron chi connectivity index (χ0n) is 8.29. The molecule has 0 aliphatic heterocycles. The lowest BCUT2D eigenvalue weighted by atomic mass is 10.1. The molecule has 0 fully saturated rings. The lowest BCUT2D eigenvalue weighted by molar-refractivity contribution is 1.36. The standard InChI is InChI=1S/C12H7N3O/c16-15-10-5-7-14-12-9(10)4-3-8-2-1-6-13-11(8)12/h1-7H. The van der Waals surface area contributed by atoms with Gasteiger partial charge in [0.05, 0.1) is 11.0 Å². The highest BCUT2D eigenvalue weighted by Crippen LogP contribution is 2.28. The van der Waals surface area contributed by atoms with Gasteiger partial charge in [0, 0.05) is 23.2 Å². The summed E-state index contributed by atoms with van der Waals surface area (Å²) >= 11 is 0. The summed E-state index contributed by atoms with van der Waals surface area (Å²) < 4.78 is 0. The van der Waals surface area contributed by atoms with Gasteiger partial charge in [-0.25, -0.2) is 0 Å². The number of pyridine rings is 2. The normalized spacial score (nSPS) is 10.8. The van der Waals surface area contributed by atoms with Crippen molar-refractivity contribution in [1.82, 2.24) is 9.97 Å². The van der Waals surface area contributed by atoms with Crippen LogP contribution in [0.5, 0.6) is 0 Å². The van der Waals surface area contributed by atoms with Crippen LogP contribution in [-0.4, -0.2) is 9.97 Å². The van der Waals surface area contributed by atoms with Crippen molar-refractivity contribution in [3.05, 3.63) is 47.6 Å². The molecule has 3 aromatic rings. The van der Waals surface area contributed by atoms with Crippen LogP contribution in [0.3, 0.4) is 0 Å². The molecule has 2 aromatic heterocycles. The molecule has 0 N–H and O–H groups in total. The number of rotatable bonds is 1. The Balaban J connectivity index is 2.57. The highest BCUT2D eigenvalue weighted by molar-refractivity contribution is 6.06. The lowest BCUT2D eigenvalue weighted by Crippen LogP contribution is -1.84. The minimum Gasteiger partial charge on any atom is -0.254 e. The summed E-state index contributed by atoms with van der Waals surface area (Å²) in [6, 6.07) is 9.20. The van der Waals surface area contributed by atoms with E-state index >= 15 is 0 Å². The van der Waals surface area contributed by atoms with Gasteiger partial charge < -0.3 is 0 Å². The molecule has 0 bridgehead atoms. The molecule has 0 saturated carbocycles. The van der Waals surface area contributed by atoms with Crippen molar-refractivity contribution in [3.63, 3.8) is 0 Å². The molecule has 0 aliphatic rings. The molecule has 4 heteroatoms. The highest BCUT2D eigenvalue weighted by atomic mass is 16.3. The average molecular weight is 209 g/mol. The van der Waals surface area contributed by atoms with E-state index in [4.69, 9.17) is 0 Å². The molecule has 16 heavy (non-hydrogen) atoms. The first-order valence-electron chi connectivity index (χ1n) is 4.86. The number of fused-ring (bicyclic) bond motifs is 3. The first-order valence-corrected chi connectivity index (χ1v) is 4.86. The van der Waals surface area contributed by atoms with Gasteiger partial charge in [0.1, 0.15) is 5.69 Å². The fourth-order valence-electron chi connectivity index (χ4n) is 1.82. The minimum absolute atomic E-state index is 0.401. The maximum absolute atomic E-state index is 10.7. The molecular formula is C12H7N3O. The molecule has 0 spiro atoms. The number of nitrogens with zero attached hydrogens (tertiary/aromatic N) is 3. The van der Waals surface area contributed by atoms with Crippen LogP contribution in [0.1, 0.15) is 0 Å². The van der Waals surface area contributed by atoms with Gasteiger partial charge in [-0.3, -0.25) is 9.97 Å². The van der Waals surface area contributed by atoms with Crippen molar-refractivity contribution < 1.29 is 0 Å². The first-order chi connectivity index (χ1) is 7.90. The van der Waals surface area contributed by atoms with Crippen LogP contribution in [0.4, 0.5) is 5.69 Å². The summed E-state index contributed by atoms with van der Waals surface area (Å²) in [5, 5.41) is 4.73. The van der Waals surface area contributed by atoms with Crippen LogP contribution in [0.25, 0.3) is 21.8 Å². The van der Waals surface area contributed by atoms with Crippen molar-refractivity contribution in [1.29, 1.82) is 0 Å². The molecule has 0 saturated heterocycles. The summed E-state index contributed by atoms with van der Waals surface area (Å²) in [4.78, 5) is 19.2. The second-order valence-electron chi connectivity index (χ2n) is 3.46. The summed E-state index contributed by atoms with van der Waals surface area (Å²) in [5.41, 5.74) is 1.92. The van der Waals surface area contributed by atoms with E-state index in [1.54, 1.807) is 18.5 Å². The first kappa shape index (κ1) is 8.91. The Morgan fingerprint density at radius 1 is 0.938 bits per heavy atom. The maximum atomic E-state index is 10.7. The predicted octanol–water partition coefficient (Wildman–Crippen LogP) is 3.18. The molecule has 4 nitrogen and oxygen atoms in total. The van der Waals surface area contributed by atoms with Crippen LogP contribution in [0, 0.1) is 4.91 Å². The van der Waals surface area contributed by atoms with Crippen LogP contribution in [0.15, 0.2) is 47.9 Å². The van der Waals surface area contributed by atoms with E-state index in [9.17, 15) is 4.91 Å². The Bertz CT molecular complexity index is 694. The Morgan fingerprint density at radius 2 is 1.81 bits per heavy atom. The van der Waals surface area contributed by atoms with E-state index in [-0.39, 0.29) is 0 Å². The van der Waals surface area contributed by atoms with Gasteiger partial charge in [-0.2, -0.15) is 0 Å². The Morgan fingerprint density at radius 3 is 2.69 bits per heavy atom. The van der Waals surface area contributed by atoms with Crippen LogP contribution in [0.2, 0.25) is 0 Å². The van der Waals surface area contributed by atoms with Gasteiger partial charge in [-0.05, 0) is 23.4 Å². The van der Waals surface area contributed by atoms with Crippen molar-refractivity contribution in [3.8, 4) is 0 Å². The van der Waals surface area contributed by atoms with Gasteiger partial charge in [0.15, 0.2) is 0 Å². The quantitative estimate of drug-likeness (QED) is 0.456. The lowest BCUT2D eigenvalue weighted by Gasteiger charge is -2.02. The maximum Gasteiger partial charge on any atom is 0.118 e. The zero-order valence-corrected chi connectivity index (χ0v) is 8.29. The van der Waals surface area contributed by atoms with Gasteiger partial charge in [-0.15, -0.1) is 4.91 Å². The van der Waals surface area contributed by atoms with E-state index in [1.807, 2.05) is 24.3 Å². The third-order valence-corrected chi connectivity index (χ3v) is 2.56. The number of hydrogen-bond acceptors (Lipinski definition) is 4. The number of aromatic nitrogens is 2. The summed E-state index contributed by atoms with van der Waals surface area (Å²) in [6.45, 7) is 0. The summed E-state index contributed by atoms with van der Waals surface area (Å²) in [6.07, 6.45) is 3.29. The van der Waals surface area contributed by atoms with Crippen LogP contribution < -0.4 is 0 Å². The molecule has 1 aromatic carbocycles. The Labute approximate surface area is 90.9 Å². The SMILES string of the molecule is O=Nc1ccnc2c1ccc1cccnc12. The minimum atomic E-state index is 0.401. The fourth-order valence-corrected chi connectivity index (χ4v) is 1.82. The molecule has 0 radical (unpaired) electrons. The average Bonchev–Trinajstić information content (AvgIpc) is 2.37. The summed E-state index contributed by atoms with van der Waals surface area (Å²) in [7, 11) is 0. The topological polar surface area (TPSA) is 55.2 Å². The molecule has 2 heterocycles. The van der Waals surface area contributed by atoms with E-state index in [2.05, 4.69) is 15.1 Å². The summed E-state index contributed by atoms with van der Waals surface area (Å²) in [5.74, 6) is 0. The smallest absolute Gasteiger partial charge is 0.118 e. The largest absolute Gasteiger partial charge is 0.254 e. The third-order valence-electron chi connectivity index (χ3n) is 2.56. The predicted molar refractivity (Wildman–Crippen MR) is 62.5 cm³/mol. The highest BCUT2D eigenvalue weighted by Gasteiger charge is 2.06. The Kier molecular flexibility index (Phi) is 1.86. The van der Waals surface area contributed by atoms with Gasteiger partial charge in [0.25, 0.3) is 0 Å². The number of hydrogen-bond donors (Lipinski definition) is 0. The van der Waals surface area contributed by atoms with Crippen molar-refractivity contribution in [2.45, 2.75) is 0 Å². The Hall–Kier alpha value is -2.36. The van der Waals surface area contributed by atoms with Gasteiger partial charge in [-0.1, -0.05) is 12.1 Å². The molecule has 0 amide bonds. The van der Waals surface area contributed by atoms with Crippen molar-refractivity contribution >= 4 is 27.5 Å². The number of benzene rings is 1. The third kappa shape index (κ3) is 1.16. The van der Waals surface area contributed by atoms with E-state index in [0.717, 1.165) is 21.8 Å². The van der Waals surface area contributed by atoms with Crippen LogP contribution >= 0.6 is 0 Å². The number of nitroso groups, excluding NO2 is 1. The molecule has 0 aliphatic carbocycles. The fraction of sp³-hybridized carbons (Fsp3) is 0. The van der Waals surface area contributed by atoms with E-state index in [0.29, 0.717) is 5.69 Å². The molecule has 0 atom stereocenters. The van der Waals surface area contributed by atoms with Crippen molar-refractivity contribution in [2.24, 2.45) is 5.18 Å². The van der Waals surface area contributed by atoms with Gasteiger partial charge >= 0.3 is 0 Å². The molecule has 76 valence electrons. The van der Waals surface area contributed by atoms with E-state index in [1.165, 1.54) is 0 Å². The van der Waals surface area contributed by atoms with Gasteiger partial charge in [0.2, 0.25) is 0 Å².